The summed E-state index contributed by atoms with van der Waals surface area (Å²) in [5.41, 5.74) is 4.53. The first-order valence-electron chi connectivity index (χ1n) is 6.25. The van der Waals surface area contributed by atoms with E-state index >= 15 is 0 Å². The summed E-state index contributed by atoms with van der Waals surface area (Å²) in [6.07, 6.45) is 1.73. The highest BCUT2D eigenvalue weighted by Crippen LogP contribution is 2.26. The molecule has 0 aliphatic heterocycles. The number of nitrogens with zero attached hydrogens (tertiary/aromatic N) is 3. The lowest BCUT2D eigenvalue weighted by molar-refractivity contribution is -0.384. The molecule has 1 aromatic carbocycles. The Hall–Kier alpha value is -2.58. The van der Waals surface area contributed by atoms with Gasteiger partial charge in [0.15, 0.2) is 0 Å². The summed E-state index contributed by atoms with van der Waals surface area (Å²) >= 11 is 3.03. The normalized spacial score (nSPS) is 10.9. The standard InChI is InChI=1S/C14H10N4O2S2/c19-18(20)11-5-3-10(4-6-11)13-9-22-14(16-13)17-15-8-12-2-1-7-21-12/h1-9H,(H,16,17)/b15-8+. The SMILES string of the molecule is O=[N+]([O-])c1ccc(-c2csc(N/N=C/c3cccs3)n2)cc1. The summed E-state index contributed by atoms with van der Waals surface area (Å²) in [5.74, 6) is 0. The van der Waals surface area contributed by atoms with Gasteiger partial charge in [-0.15, -0.1) is 22.7 Å². The van der Waals surface area contributed by atoms with Gasteiger partial charge in [0.25, 0.3) is 5.69 Å². The van der Waals surface area contributed by atoms with Crippen LogP contribution in [0, 0.1) is 10.1 Å². The number of benzene rings is 1. The van der Waals surface area contributed by atoms with Gasteiger partial charge in [-0.05, 0) is 23.6 Å². The van der Waals surface area contributed by atoms with Crippen molar-refractivity contribution in [2.45, 2.75) is 0 Å². The van der Waals surface area contributed by atoms with Crippen LogP contribution < -0.4 is 5.43 Å². The van der Waals surface area contributed by atoms with Gasteiger partial charge in [0, 0.05) is 28.0 Å². The van der Waals surface area contributed by atoms with E-state index in [1.54, 1.807) is 29.7 Å². The van der Waals surface area contributed by atoms with Crippen molar-refractivity contribution in [1.82, 2.24) is 4.98 Å². The van der Waals surface area contributed by atoms with Crippen LogP contribution in [0.5, 0.6) is 0 Å². The van der Waals surface area contributed by atoms with E-state index in [2.05, 4.69) is 15.5 Å². The molecule has 6 nitrogen and oxygen atoms in total. The van der Waals surface area contributed by atoms with E-state index in [0.717, 1.165) is 16.1 Å². The molecule has 0 fully saturated rings. The fourth-order valence-corrected chi connectivity index (χ4v) is 2.98. The molecule has 3 aromatic rings. The van der Waals surface area contributed by atoms with E-state index in [1.807, 2.05) is 22.9 Å². The Kier molecular flexibility index (Phi) is 4.22. The van der Waals surface area contributed by atoms with Gasteiger partial charge in [-0.1, -0.05) is 6.07 Å². The molecule has 3 rings (SSSR count). The highest BCUT2D eigenvalue weighted by Gasteiger charge is 2.07. The fraction of sp³-hybridized carbons (Fsp3) is 0. The number of thiophene rings is 1. The second-order valence-corrected chi connectivity index (χ2v) is 6.06. The molecule has 0 atom stereocenters. The van der Waals surface area contributed by atoms with Crippen molar-refractivity contribution in [1.29, 1.82) is 0 Å². The van der Waals surface area contributed by atoms with Gasteiger partial charge in [-0.25, -0.2) is 4.98 Å². The van der Waals surface area contributed by atoms with E-state index in [9.17, 15) is 10.1 Å². The molecule has 0 saturated heterocycles. The molecule has 8 heteroatoms. The van der Waals surface area contributed by atoms with Crippen LogP contribution in [0.2, 0.25) is 0 Å². The molecule has 0 bridgehead atoms. The predicted molar refractivity (Wildman–Crippen MR) is 89.7 cm³/mol. The van der Waals surface area contributed by atoms with Crippen LogP contribution in [0.25, 0.3) is 11.3 Å². The van der Waals surface area contributed by atoms with E-state index in [0.29, 0.717) is 5.13 Å². The maximum Gasteiger partial charge on any atom is 0.269 e. The summed E-state index contributed by atoms with van der Waals surface area (Å²) in [7, 11) is 0. The molecule has 2 heterocycles. The second kappa shape index (κ2) is 6.46. The number of hydrogen-bond donors (Lipinski definition) is 1. The highest BCUT2D eigenvalue weighted by molar-refractivity contribution is 7.14. The Labute approximate surface area is 133 Å². The first kappa shape index (κ1) is 14.4. The van der Waals surface area contributed by atoms with Crippen LogP contribution in [0.4, 0.5) is 10.8 Å². The zero-order valence-corrected chi connectivity index (χ0v) is 12.8. The highest BCUT2D eigenvalue weighted by atomic mass is 32.1. The number of anilines is 1. The summed E-state index contributed by atoms with van der Waals surface area (Å²) in [6, 6.07) is 10.2. The number of aromatic nitrogens is 1. The van der Waals surface area contributed by atoms with Crippen LogP contribution in [0.15, 0.2) is 52.3 Å². The minimum Gasteiger partial charge on any atom is -0.258 e. The van der Waals surface area contributed by atoms with E-state index in [-0.39, 0.29) is 5.69 Å². The number of thiazole rings is 1. The third-order valence-corrected chi connectivity index (χ3v) is 4.33. The van der Waals surface area contributed by atoms with Crippen LogP contribution in [0.3, 0.4) is 0 Å². The summed E-state index contributed by atoms with van der Waals surface area (Å²) in [5, 5.41) is 19.3. The summed E-state index contributed by atoms with van der Waals surface area (Å²) < 4.78 is 0. The van der Waals surface area contributed by atoms with E-state index < -0.39 is 4.92 Å². The number of nitro benzene ring substituents is 1. The molecule has 0 saturated carbocycles. The Balaban J connectivity index is 1.69. The molecule has 2 aromatic heterocycles. The second-order valence-electron chi connectivity index (χ2n) is 4.23. The first-order valence-corrected chi connectivity index (χ1v) is 8.01. The Morgan fingerprint density at radius 3 is 2.73 bits per heavy atom. The predicted octanol–water partition coefficient (Wildman–Crippen LogP) is 4.23. The third-order valence-electron chi connectivity index (χ3n) is 2.77. The van der Waals surface area contributed by atoms with Gasteiger partial charge in [0.05, 0.1) is 16.8 Å². The Morgan fingerprint density at radius 1 is 1.23 bits per heavy atom. The molecule has 0 aliphatic rings. The van der Waals surface area contributed by atoms with E-state index in [4.69, 9.17) is 0 Å². The molecule has 1 N–H and O–H groups in total. The molecule has 0 spiro atoms. The van der Waals surface area contributed by atoms with Gasteiger partial charge in [-0.3, -0.25) is 15.5 Å². The van der Waals surface area contributed by atoms with Gasteiger partial charge in [0.1, 0.15) is 0 Å². The summed E-state index contributed by atoms with van der Waals surface area (Å²) in [6.45, 7) is 0. The molecule has 0 unspecified atom stereocenters. The lowest BCUT2D eigenvalue weighted by Crippen LogP contribution is -1.89. The van der Waals surface area contributed by atoms with Crippen molar-refractivity contribution in [3.63, 3.8) is 0 Å². The molecule has 110 valence electrons. The Bertz CT molecular complexity index is 795. The topological polar surface area (TPSA) is 80.4 Å². The van der Waals surface area contributed by atoms with Crippen molar-refractivity contribution >= 4 is 39.7 Å². The third kappa shape index (κ3) is 3.35. The lowest BCUT2D eigenvalue weighted by atomic mass is 10.1. The van der Waals surface area contributed by atoms with Gasteiger partial charge >= 0.3 is 0 Å². The van der Waals surface area contributed by atoms with Crippen LogP contribution in [0.1, 0.15) is 4.88 Å². The molecular formula is C14H10N4O2S2. The zero-order valence-electron chi connectivity index (χ0n) is 11.2. The average molecular weight is 330 g/mol. The number of rotatable bonds is 5. The number of nitro groups is 1. The molecule has 22 heavy (non-hydrogen) atoms. The van der Waals surface area contributed by atoms with Crippen LogP contribution >= 0.6 is 22.7 Å². The average Bonchev–Trinajstić information content (AvgIpc) is 3.19. The number of hydrazone groups is 1. The number of hydrogen-bond acceptors (Lipinski definition) is 7. The van der Waals surface area contributed by atoms with E-state index in [1.165, 1.54) is 23.5 Å². The molecule has 0 amide bonds. The monoisotopic (exact) mass is 330 g/mol. The number of nitrogens with one attached hydrogen (secondary N) is 1. The van der Waals surface area contributed by atoms with Crippen molar-refractivity contribution in [3.05, 3.63) is 62.1 Å². The van der Waals surface area contributed by atoms with Crippen molar-refractivity contribution < 1.29 is 4.92 Å². The number of non-ortho nitro benzene ring substituents is 1. The van der Waals surface area contributed by atoms with Crippen molar-refractivity contribution in [2.75, 3.05) is 5.43 Å². The van der Waals surface area contributed by atoms with Gasteiger partial charge < -0.3 is 0 Å². The zero-order chi connectivity index (χ0) is 15.4. The van der Waals surface area contributed by atoms with Crippen LogP contribution in [-0.2, 0) is 0 Å². The smallest absolute Gasteiger partial charge is 0.258 e. The van der Waals surface area contributed by atoms with Crippen molar-refractivity contribution in [3.8, 4) is 11.3 Å². The largest absolute Gasteiger partial charge is 0.269 e. The van der Waals surface area contributed by atoms with Crippen molar-refractivity contribution in [2.24, 2.45) is 5.10 Å². The minimum atomic E-state index is -0.420. The first-order chi connectivity index (χ1) is 10.7. The van der Waals surface area contributed by atoms with Crippen LogP contribution in [-0.4, -0.2) is 16.1 Å². The molecule has 0 radical (unpaired) electrons. The minimum absolute atomic E-state index is 0.0675. The van der Waals surface area contributed by atoms with Gasteiger partial charge in [-0.2, -0.15) is 5.10 Å². The maximum atomic E-state index is 10.6. The lowest BCUT2D eigenvalue weighted by Gasteiger charge is -1.96. The quantitative estimate of drug-likeness (QED) is 0.431. The molecular weight excluding hydrogens is 320 g/mol. The Morgan fingerprint density at radius 2 is 2.05 bits per heavy atom. The fourth-order valence-electron chi connectivity index (χ4n) is 1.73. The van der Waals surface area contributed by atoms with Gasteiger partial charge in [0.2, 0.25) is 5.13 Å². The maximum absolute atomic E-state index is 10.6. The molecule has 0 aliphatic carbocycles. The summed E-state index contributed by atoms with van der Waals surface area (Å²) in [4.78, 5) is 15.7.